The standard InChI is InChI=1S/C14H17F2N3/c1-9(2)17-6-5-14-18-8-13(19-14)11-4-3-10(15)7-12(11)16/h3-4,7-9,17H,5-6H2,1-2H3,(H,18,19). The Labute approximate surface area is 111 Å². The minimum absolute atomic E-state index is 0.331. The lowest BCUT2D eigenvalue weighted by Gasteiger charge is -2.05. The Morgan fingerprint density at radius 1 is 1.32 bits per heavy atom. The number of nitrogens with zero attached hydrogens (tertiary/aromatic N) is 1. The van der Waals surface area contributed by atoms with E-state index < -0.39 is 11.6 Å². The molecule has 0 amide bonds. The van der Waals surface area contributed by atoms with Crippen LogP contribution in [0.15, 0.2) is 24.4 Å². The summed E-state index contributed by atoms with van der Waals surface area (Å²) in [5.74, 6) is -0.385. The number of imidazole rings is 1. The summed E-state index contributed by atoms with van der Waals surface area (Å²) in [4.78, 5) is 7.25. The fourth-order valence-electron chi connectivity index (χ4n) is 1.81. The van der Waals surface area contributed by atoms with Gasteiger partial charge >= 0.3 is 0 Å². The summed E-state index contributed by atoms with van der Waals surface area (Å²) in [5, 5.41) is 3.28. The molecule has 102 valence electrons. The van der Waals surface area contributed by atoms with Gasteiger partial charge in [-0.2, -0.15) is 0 Å². The van der Waals surface area contributed by atoms with Crippen LogP contribution in [-0.2, 0) is 6.42 Å². The largest absolute Gasteiger partial charge is 0.342 e. The van der Waals surface area contributed by atoms with Gasteiger partial charge in [0.05, 0.1) is 11.9 Å². The number of hydrogen-bond donors (Lipinski definition) is 2. The van der Waals surface area contributed by atoms with Crippen molar-refractivity contribution in [3.63, 3.8) is 0 Å². The molecule has 1 aromatic heterocycles. The van der Waals surface area contributed by atoms with E-state index in [0.717, 1.165) is 24.9 Å². The van der Waals surface area contributed by atoms with Gasteiger partial charge in [-0.1, -0.05) is 13.8 Å². The van der Waals surface area contributed by atoms with Gasteiger partial charge in [0.2, 0.25) is 0 Å². The van der Waals surface area contributed by atoms with E-state index in [4.69, 9.17) is 0 Å². The number of hydrogen-bond acceptors (Lipinski definition) is 2. The average molecular weight is 265 g/mol. The van der Waals surface area contributed by atoms with Crippen molar-refractivity contribution in [1.29, 1.82) is 0 Å². The van der Waals surface area contributed by atoms with Crippen LogP contribution in [0.5, 0.6) is 0 Å². The fraction of sp³-hybridized carbons (Fsp3) is 0.357. The van der Waals surface area contributed by atoms with Crippen molar-refractivity contribution in [2.45, 2.75) is 26.3 Å². The van der Waals surface area contributed by atoms with Gasteiger partial charge in [0.15, 0.2) is 0 Å². The van der Waals surface area contributed by atoms with Crippen molar-refractivity contribution in [3.8, 4) is 11.3 Å². The second kappa shape index (κ2) is 5.93. The Hall–Kier alpha value is -1.75. The van der Waals surface area contributed by atoms with Gasteiger partial charge in [0.25, 0.3) is 0 Å². The zero-order chi connectivity index (χ0) is 13.8. The van der Waals surface area contributed by atoms with Crippen LogP contribution in [0.25, 0.3) is 11.3 Å². The van der Waals surface area contributed by atoms with Crippen LogP contribution in [0, 0.1) is 11.6 Å². The first-order valence-corrected chi connectivity index (χ1v) is 6.29. The number of H-pyrrole nitrogens is 1. The highest BCUT2D eigenvalue weighted by molar-refractivity contribution is 5.59. The van der Waals surface area contributed by atoms with Crippen LogP contribution in [0.3, 0.4) is 0 Å². The van der Waals surface area contributed by atoms with Crippen molar-refractivity contribution in [3.05, 3.63) is 41.9 Å². The van der Waals surface area contributed by atoms with E-state index in [1.807, 2.05) is 0 Å². The molecule has 19 heavy (non-hydrogen) atoms. The molecule has 0 aliphatic heterocycles. The summed E-state index contributed by atoms with van der Waals surface area (Å²) in [5.41, 5.74) is 0.897. The summed E-state index contributed by atoms with van der Waals surface area (Å²) in [6, 6.07) is 3.94. The maximum Gasteiger partial charge on any atom is 0.135 e. The molecule has 2 aromatic rings. The maximum absolute atomic E-state index is 13.6. The Morgan fingerprint density at radius 3 is 2.79 bits per heavy atom. The minimum Gasteiger partial charge on any atom is -0.342 e. The van der Waals surface area contributed by atoms with E-state index in [9.17, 15) is 8.78 Å². The van der Waals surface area contributed by atoms with Gasteiger partial charge in [-0.25, -0.2) is 13.8 Å². The Bertz CT molecular complexity index is 549. The molecule has 0 unspecified atom stereocenters. The average Bonchev–Trinajstić information content (AvgIpc) is 2.77. The quantitative estimate of drug-likeness (QED) is 0.872. The molecular formula is C14H17F2N3. The zero-order valence-corrected chi connectivity index (χ0v) is 11.0. The van der Waals surface area contributed by atoms with E-state index in [1.54, 1.807) is 6.20 Å². The SMILES string of the molecule is CC(C)NCCc1ncc(-c2ccc(F)cc2F)[nH]1. The molecule has 1 heterocycles. The second-order valence-electron chi connectivity index (χ2n) is 4.73. The van der Waals surface area contributed by atoms with Gasteiger partial charge in [-0.15, -0.1) is 0 Å². The molecule has 0 spiro atoms. The van der Waals surface area contributed by atoms with Crippen LogP contribution in [0.1, 0.15) is 19.7 Å². The third-order valence-electron chi connectivity index (χ3n) is 2.76. The molecule has 3 nitrogen and oxygen atoms in total. The third kappa shape index (κ3) is 3.61. The van der Waals surface area contributed by atoms with Crippen molar-refractivity contribution >= 4 is 0 Å². The van der Waals surface area contributed by atoms with Gasteiger partial charge < -0.3 is 10.3 Å². The van der Waals surface area contributed by atoms with E-state index in [2.05, 4.69) is 29.1 Å². The molecule has 0 atom stereocenters. The monoisotopic (exact) mass is 265 g/mol. The van der Waals surface area contributed by atoms with Gasteiger partial charge in [0, 0.05) is 30.6 Å². The fourth-order valence-corrected chi connectivity index (χ4v) is 1.81. The Balaban J connectivity index is 2.08. The number of benzene rings is 1. The van der Waals surface area contributed by atoms with Gasteiger partial charge in [-0.3, -0.25) is 0 Å². The highest BCUT2D eigenvalue weighted by atomic mass is 19.1. The van der Waals surface area contributed by atoms with Crippen molar-refractivity contribution in [1.82, 2.24) is 15.3 Å². The number of aromatic amines is 1. The summed E-state index contributed by atoms with van der Waals surface area (Å²) in [6.45, 7) is 4.94. The number of rotatable bonds is 5. The molecule has 1 aromatic carbocycles. The van der Waals surface area contributed by atoms with E-state index in [1.165, 1.54) is 12.1 Å². The number of nitrogens with one attached hydrogen (secondary N) is 2. The summed E-state index contributed by atoms with van der Waals surface area (Å²) in [7, 11) is 0. The maximum atomic E-state index is 13.6. The number of aromatic nitrogens is 2. The van der Waals surface area contributed by atoms with E-state index in [-0.39, 0.29) is 0 Å². The molecule has 2 N–H and O–H groups in total. The van der Waals surface area contributed by atoms with Crippen molar-refractivity contribution in [2.24, 2.45) is 0 Å². The molecule has 0 bridgehead atoms. The molecule has 5 heteroatoms. The smallest absolute Gasteiger partial charge is 0.135 e. The van der Waals surface area contributed by atoms with E-state index in [0.29, 0.717) is 17.3 Å². The van der Waals surface area contributed by atoms with Crippen LogP contribution < -0.4 is 5.32 Å². The van der Waals surface area contributed by atoms with Crippen LogP contribution in [-0.4, -0.2) is 22.6 Å². The zero-order valence-electron chi connectivity index (χ0n) is 11.0. The topological polar surface area (TPSA) is 40.7 Å². The summed E-state index contributed by atoms with van der Waals surface area (Å²) < 4.78 is 26.4. The third-order valence-corrected chi connectivity index (χ3v) is 2.76. The molecular weight excluding hydrogens is 248 g/mol. The Kier molecular flexibility index (Phi) is 4.27. The second-order valence-corrected chi connectivity index (χ2v) is 4.73. The van der Waals surface area contributed by atoms with Crippen LogP contribution >= 0.6 is 0 Å². The van der Waals surface area contributed by atoms with Crippen molar-refractivity contribution in [2.75, 3.05) is 6.54 Å². The first kappa shape index (κ1) is 13.7. The van der Waals surface area contributed by atoms with Gasteiger partial charge in [-0.05, 0) is 12.1 Å². The lowest BCUT2D eigenvalue weighted by molar-refractivity contribution is 0.584. The highest BCUT2D eigenvalue weighted by Crippen LogP contribution is 2.21. The molecule has 2 rings (SSSR count). The normalized spacial score (nSPS) is 11.2. The molecule has 0 aliphatic carbocycles. The predicted molar refractivity (Wildman–Crippen MR) is 70.8 cm³/mol. The lowest BCUT2D eigenvalue weighted by atomic mass is 10.1. The molecule has 0 radical (unpaired) electrons. The van der Waals surface area contributed by atoms with Crippen molar-refractivity contribution < 1.29 is 8.78 Å². The van der Waals surface area contributed by atoms with Crippen LogP contribution in [0.2, 0.25) is 0 Å². The molecule has 0 fully saturated rings. The highest BCUT2D eigenvalue weighted by Gasteiger charge is 2.09. The summed E-state index contributed by atoms with van der Waals surface area (Å²) in [6.07, 6.45) is 2.31. The molecule has 0 saturated carbocycles. The van der Waals surface area contributed by atoms with E-state index >= 15 is 0 Å². The number of halogens is 2. The first-order valence-electron chi connectivity index (χ1n) is 6.29. The van der Waals surface area contributed by atoms with Crippen LogP contribution in [0.4, 0.5) is 8.78 Å². The summed E-state index contributed by atoms with van der Waals surface area (Å²) >= 11 is 0. The molecule has 0 saturated heterocycles. The first-order chi connectivity index (χ1) is 9.06. The Morgan fingerprint density at radius 2 is 2.11 bits per heavy atom. The lowest BCUT2D eigenvalue weighted by Crippen LogP contribution is -2.25. The molecule has 0 aliphatic rings. The van der Waals surface area contributed by atoms with Gasteiger partial charge in [0.1, 0.15) is 17.5 Å². The predicted octanol–water partition coefficient (Wildman–Crippen LogP) is 2.90. The minimum atomic E-state index is -0.587.